The van der Waals surface area contributed by atoms with Gasteiger partial charge < -0.3 is 4.74 Å². The molecule has 1 radical (unpaired) electrons. The van der Waals surface area contributed by atoms with Crippen LogP contribution >= 0.6 is 0 Å². The topological polar surface area (TPSA) is 9.23 Å². The second kappa shape index (κ2) is 8.86. The molecule has 1 heteroatoms. The summed E-state index contributed by atoms with van der Waals surface area (Å²) in [4.78, 5) is 0. The van der Waals surface area contributed by atoms with Crippen LogP contribution in [0.25, 0.3) is 0 Å². The molecular formula is C16H23O. The molecule has 0 aliphatic heterocycles. The van der Waals surface area contributed by atoms with Gasteiger partial charge in [-0.25, -0.2) is 0 Å². The summed E-state index contributed by atoms with van der Waals surface area (Å²) in [6.45, 7) is 4.77. The number of unbranched alkanes of at least 4 members (excludes halogenated alkanes) is 2. The zero-order chi connectivity index (χ0) is 12.3. The molecule has 0 fully saturated rings. The smallest absolute Gasteiger partial charge is 0.119 e. The third kappa shape index (κ3) is 6.15. The molecule has 0 saturated carbocycles. The van der Waals surface area contributed by atoms with Crippen molar-refractivity contribution in [3.63, 3.8) is 0 Å². The van der Waals surface area contributed by atoms with E-state index in [2.05, 4.69) is 37.3 Å². The standard InChI is InChI=1S/C16H23O/c1-3-5-6-7-8-10-15-11-9-12-16(14-15)17-13-4-2/h3-5,9,11-12,14H,6-8,10,13H2,1-2H3. The summed E-state index contributed by atoms with van der Waals surface area (Å²) in [5, 5.41) is 0. The normalized spacial score (nSPS) is 10.9. The Morgan fingerprint density at radius 2 is 2.06 bits per heavy atom. The molecule has 0 atom stereocenters. The van der Waals surface area contributed by atoms with Crippen molar-refractivity contribution in [2.75, 3.05) is 6.61 Å². The van der Waals surface area contributed by atoms with E-state index in [0.717, 1.165) is 12.2 Å². The summed E-state index contributed by atoms with van der Waals surface area (Å²) in [7, 11) is 0. The number of allylic oxidation sites excluding steroid dienone is 2. The van der Waals surface area contributed by atoms with Gasteiger partial charge in [0.1, 0.15) is 5.75 Å². The Balaban J connectivity index is 2.32. The zero-order valence-electron chi connectivity index (χ0n) is 11.0. The molecule has 0 bridgehead atoms. The average molecular weight is 231 g/mol. The van der Waals surface area contributed by atoms with E-state index >= 15 is 0 Å². The van der Waals surface area contributed by atoms with Crippen molar-refractivity contribution >= 4 is 0 Å². The molecule has 0 aliphatic rings. The van der Waals surface area contributed by atoms with Gasteiger partial charge >= 0.3 is 0 Å². The van der Waals surface area contributed by atoms with Gasteiger partial charge in [-0.2, -0.15) is 0 Å². The van der Waals surface area contributed by atoms with Crippen LogP contribution in [0.3, 0.4) is 0 Å². The number of benzene rings is 1. The molecule has 0 saturated heterocycles. The maximum Gasteiger partial charge on any atom is 0.119 e. The van der Waals surface area contributed by atoms with Crippen LogP contribution in [-0.2, 0) is 6.42 Å². The van der Waals surface area contributed by atoms with Crippen molar-refractivity contribution in [1.82, 2.24) is 0 Å². The Bertz CT molecular complexity index is 328. The van der Waals surface area contributed by atoms with Gasteiger partial charge in [-0.05, 0) is 56.7 Å². The summed E-state index contributed by atoms with van der Waals surface area (Å²) in [5.74, 6) is 0.981. The van der Waals surface area contributed by atoms with E-state index < -0.39 is 0 Å². The number of hydrogen-bond donors (Lipinski definition) is 0. The minimum Gasteiger partial charge on any atom is -0.493 e. The molecular weight excluding hydrogens is 208 g/mol. The Hall–Kier alpha value is -1.24. The molecule has 0 N–H and O–H groups in total. The quantitative estimate of drug-likeness (QED) is 0.470. The highest BCUT2D eigenvalue weighted by molar-refractivity contribution is 5.28. The first kappa shape index (κ1) is 13.8. The summed E-state index contributed by atoms with van der Waals surface area (Å²) < 4.78 is 5.57. The summed E-state index contributed by atoms with van der Waals surface area (Å²) >= 11 is 0. The monoisotopic (exact) mass is 231 g/mol. The number of aryl methyl sites for hydroxylation is 1. The highest BCUT2D eigenvalue weighted by atomic mass is 16.5. The third-order valence-corrected chi connectivity index (χ3v) is 2.64. The summed E-state index contributed by atoms with van der Waals surface area (Å²) in [5.41, 5.74) is 1.37. The Morgan fingerprint density at radius 1 is 1.18 bits per heavy atom. The molecule has 17 heavy (non-hydrogen) atoms. The summed E-state index contributed by atoms with van der Waals surface area (Å²) in [6, 6.07) is 8.43. The van der Waals surface area contributed by atoms with Gasteiger partial charge in [0.15, 0.2) is 0 Å². The van der Waals surface area contributed by atoms with Crippen LogP contribution in [0.15, 0.2) is 36.4 Å². The van der Waals surface area contributed by atoms with Crippen molar-refractivity contribution in [2.45, 2.75) is 39.5 Å². The summed E-state index contributed by atoms with van der Waals surface area (Å²) in [6.07, 6.45) is 11.2. The van der Waals surface area contributed by atoms with E-state index in [4.69, 9.17) is 4.74 Å². The van der Waals surface area contributed by atoms with Gasteiger partial charge in [-0.15, -0.1) is 0 Å². The molecule has 0 heterocycles. The fraction of sp³-hybridized carbons (Fsp3) is 0.438. The van der Waals surface area contributed by atoms with Gasteiger partial charge in [0.05, 0.1) is 6.61 Å². The second-order valence-electron chi connectivity index (χ2n) is 4.18. The lowest BCUT2D eigenvalue weighted by Gasteiger charge is -2.06. The average Bonchev–Trinajstić information content (AvgIpc) is 2.37. The van der Waals surface area contributed by atoms with Gasteiger partial charge in [-0.1, -0.05) is 31.2 Å². The van der Waals surface area contributed by atoms with Crippen LogP contribution < -0.4 is 4.74 Å². The maximum absolute atomic E-state index is 5.57. The first-order chi connectivity index (χ1) is 8.36. The van der Waals surface area contributed by atoms with Crippen LogP contribution in [0.1, 0.15) is 38.7 Å². The van der Waals surface area contributed by atoms with E-state index in [1.165, 1.54) is 24.8 Å². The van der Waals surface area contributed by atoms with Crippen LogP contribution in [0.5, 0.6) is 5.75 Å². The lowest BCUT2D eigenvalue weighted by molar-refractivity contribution is 0.349. The molecule has 1 aromatic carbocycles. The van der Waals surface area contributed by atoms with Crippen molar-refractivity contribution in [3.8, 4) is 5.75 Å². The van der Waals surface area contributed by atoms with Crippen molar-refractivity contribution in [3.05, 3.63) is 48.4 Å². The fourth-order valence-electron chi connectivity index (χ4n) is 1.73. The highest BCUT2D eigenvalue weighted by Crippen LogP contribution is 2.15. The Morgan fingerprint density at radius 3 is 2.82 bits per heavy atom. The molecule has 1 rings (SSSR count). The van der Waals surface area contributed by atoms with Crippen LogP contribution in [0.4, 0.5) is 0 Å². The van der Waals surface area contributed by atoms with Crippen molar-refractivity contribution < 1.29 is 4.74 Å². The Kier molecular flexibility index (Phi) is 7.20. The molecule has 0 aliphatic carbocycles. The lowest BCUT2D eigenvalue weighted by Crippen LogP contribution is -1.96. The number of hydrogen-bond acceptors (Lipinski definition) is 1. The molecule has 93 valence electrons. The van der Waals surface area contributed by atoms with Crippen LogP contribution in [0.2, 0.25) is 0 Å². The number of rotatable bonds is 8. The maximum atomic E-state index is 5.57. The van der Waals surface area contributed by atoms with Crippen molar-refractivity contribution in [1.29, 1.82) is 0 Å². The SMILES string of the molecule is C[CH]COc1cccc(CCCCC=CC)c1. The van der Waals surface area contributed by atoms with E-state index in [1.54, 1.807) is 0 Å². The molecule has 1 aromatic rings. The van der Waals surface area contributed by atoms with Crippen LogP contribution in [0, 0.1) is 6.42 Å². The second-order valence-corrected chi connectivity index (χ2v) is 4.18. The molecule has 0 amide bonds. The first-order valence-corrected chi connectivity index (χ1v) is 6.47. The highest BCUT2D eigenvalue weighted by Gasteiger charge is 1.96. The minimum absolute atomic E-state index is 0.685. The third-order valence-electron chi connectivity index (χ3n) is 2.64. The molecule has 1 nitrogen and oxygen atoms in total. The Labute approximate surface area is 106 Å². The zero-order valence-corrected chi connectivity index (χ0v) is 11.0. The molecule has 0 unspecified atom stereocenters. The van der Waals surface area contributed by atoms with E-state index in [0.29, 0.717) is 6.61 Å². The number of ether oxygens (including phenoxy) is 1. The van der Waals surface area contributed by atoms with E-state index in [-0.39, 0.29) is 0 Å². The van der Waals surface area contributed by atoms with Crippen molar-refractivity contribution in [2.24, 2.45) is 0 Å². The molecule has 0 aromatic heterocycles. The molecule has 0 spiro atoms. The van der Waals surface area contributed by atoms with E-state index in [9.17, 15) is 0 Å². The van der Waals surface area contributed by atoms with E-state index in [1.807, 2.05) is 19.4 Å². The predicted molar refractivity (Wildman–Crippen MR) is 74.3 cm³/mol. The van der Waals surface area contributed by atoms with Gasteiger partial charge in [-0.3, -0.25) is 0 Å². The van der Waals surface area contributed by atoms with Crippen LogP contribution in [-0.4, -0.2) is 6.61 Å². The van der Waals surface area contributed by atoms with Gasteiger partial charge in [0.25, 0.3) is 0 Å². The van der Waals surface area contributed by atoms with Gasteiger partial charge in [0, 0.05) is 0 Å². The predicted octanol–water partition coefficient (Wildman–Crippen LogP) is 4.58. The largest absolute Gasteiger partial charge is 0.493 e. The first-order valence-electron chi connectivity index (χ1n) is 6.47. The minimum atomic E-state index is 0.685. The lowest BCUT2D eigenvalue weighted by atomic mass is 10.1. The van der Waals surface area contributed by atoms with Gasteiger partial charge in [0.2, 0.25) is 0 Å². The fourth-order valence-corrected chi connectivity index (χ4v) is 1.73.